The number of hydrogen-bond acceptors (Lipinski definition) is 5. The molecule has 6 heteroatoms. The largest absolute Gasteiger partial charge is 0.475 e. The van der Waals surface area contributed by atoms with Gasteiger partial charge in [-0.05, 0) is 57.9 Å². The first-order valence-corrected chi connectivity index (χ1v) is 10.6. The second-order valence-corrected chi connectivity index (χ2v) is 8.76. The van der Waals surface area contributed by atoms with E-state index in [4.69, 9.17) is 9.47 Å². The number of benzene rings is 1. The minimum atomic E-state index is -0.185. The fraction of sp³-hybridized carbons (Fsp3) is 0.500. The predicted molar refractivity (Wildman–Crippen MR) is 119 cm³/mol. The molecule has 0 atom stereocenters. The molecule has 1 fully saturated rings. The molecule has 1 aromatic carbocycles. The summed E-state index contributed by atoms with van der Waals surface area (Å²) >= 11 is 0. The molecule has 0 N–H and O–H groups in total. The van der Waals surface area contributed by atoms with Gasteiger partial charge in [0.15, 0.2) is 0 Å². The molecular weight excluding hydrogens is 378 g/mol. The molecule has 2 heterocycles. The fourth-order valence-corrected chi connectivity index (χ4v) is 3.48. The van der Waals surface area contributed by atoms with Crippen molar-refractivity contribution in [3.63, 3.8) is 0 Å². The van der Waals surface area contributed by atoms with E-state index < -0.39 is 0 Å². The van der Waals surface area contributed by atoms with E-state index in [0.717, 1.165) is 13.1 Å². The lowest BCUT2D eigenvalue weighted by Crippen LogP contribution is -2.49. The van der Waals surface area contributed by atoms with Gasteiger partial charge in [-0.15, -0.1) is 0 Å². The first-order chi connectivity index (χ1) is 14.2. The zero-order chi connectivity index (χ0) is 21.7. The molecule has 30 heavy (non-hydrogen) atoms. The van der Waals surface area contributed by atoms with Crippen LogP contribution in [0.25, 0.3) is 0 Å². The van der Waals surface area contributed by atoms with Crippen LogP contribution >= 0.6 is 0 Å². The van der Waals surface area contributed by atoms with Crippen molar-refractivity contribution >= 4 is 11.6 Å². The van der Waals surface area contributed by atoms with Gasteiger partial charge in [0.25, 0.3) is 5.91 Å². The van der Waals surface area contributed by atoms with E-state index in [2.05, 4.69) is 41.9 Å². The molecule has 1 aliphatic rings. The van der Waals surface area contributed by atoms with Crippen LogP contribution in [-0.4, -0.2) is 60.8 Å². The Morgan fingerprint density at radius 1 is 1.03 bits per heavy atom. The first-order valence-electron chi connectivity index (χ1n) is 10.6. The molecule has 0 saturated carbocycles. The minimum Gasteiger partial charge on any atom is -0.475 e. The number of aryl methyl sites for hydroxylation is 2. The second-order valence-electron chi connectivity index (χ2n) is 8.76. The van der Waals surface area contributed by atoms with Crippen molar-refractivity contribution in [1.82, 2.24) is 9.88 Å². The number of carbonyl (C=O) groups is 1. The molecule has 162 valence electrons. The Bertz CT molecular complexity index is 851. The molecule has 1 saturated heterocycles. The van der Waals surface area contributed by atoms with Gasteiger partial charge in [0.1, 0.15) is 6.61 Å². The van der Waals surface area contributed by atoms with Crippen LogP contribution in [0.4, 0.5) is 5.69 Å². The van der Waals surface area contributed by atoms with Crippen LogP contribution < -0.4 is 9.64 Å². The molecule has 1 amide bonds. The van der Waals surface area contributed by atoms with Crippen molar-refractivity contribution in [2.24, 2.45) is 0 Å². The minimum absolute atomic E-state index is 0.0192. The van der Waals surface area contributed by atoms with Gasteiger partial charge in [-0.25, -0.2) is 4.98 Å². The van der Waals surface area contributed by atoms with Gasteiger partial charge in [0.05, 0.1) is 17.8 Å². The highest BCUT2D eigenvalue weighted by molar-refractivity contribution is 5.94. The summed E-state index contributed by atoms with van der Waals surface area (Å²) in [4.78, 5) is 21.4. The lowest BCUT2D eigenvalue weighted by atomic mass is 10.1. The van der Waals surface area contributed by atoms with Crippen molar-refractivity contribution in [2.75, 3.05) is 44.3 Å². The fourth-order valence-electron chi connectivity index (χ4n) is 3.48. The van der Waals surface area contributed by atoms with Crippen LogP contribution in [0.2, 0.25) is 0 Å². The Morgan fingerprint density at radius 3 is 2.40 bits per heavy atom. The molecule has 0 aliphatic carbocycles. The molecule has 0 unspecified atom stereocenters. The highest BCUT2D eigenvalue weighted by Gasteiger charge is 2.23. The number of rotatable bonds is 6. The van der Waals surface area contributed by atoms with Gasteiger partial charge in [-0.2, -0.15) is 0 Å². The van der Waals surface area contributed by atoms with E-state index in [1.54, 1.807) is 18.3 Å². The first kappa shape index (κ1) is 22.1. The van der Waals surface area contributed by atoms with Crippen molar-refractivity contribution in [3.05, 3.63) is 53.2 Å². The number of aromatic nitrogens is 1. The Balaban J connectivity index is 1.50. The Morgan fingerprint density at radius 2 is 1.77 bits per heavy atom. The SMILES string of the molecule is Cc1ccc(C)c(N2CCN(C(=O)c3ccc(OCCOC(C)(C)C)nc3)CC2)c1. The normalized spacial score (nSPS) is 14.7. The number of anilines is 1. The number of nitrogens with zero attached hydrogens (tertiary/aromatic N) is 3. The van der Waals surface area contributed by atoms with E-state index in [9.17, 15) is 4.79 Å². The highest BCUT2D eigenvalue weighted by atomic mass is 16.5. The van der Waals surface area contributed by atoms with Crippen LogP contribution in [0.1, 0.15) is 42.3 Å². The van der Waals surface area contributed by atoms with Gasteiger partial charge in [0.2, 0.25) is 5.88 Å². The van der Waals surface area contributed by atoms with E-state index in [0.29, 0.717) is 37.7 Å². The summed E-state index contributed by atoms with van der Waals surface area (Å²) in [6.07, 6.45) is 1.60. The zero-order valence-electron chi connectivity index (χ0n) is 18.8. The topological polar surface area (TPSA) is 54.9 Å². The molecular formula is C24H33N3O3. The highest BCUT2D eigenvalue weighted by Crippen LogP contribution is 2.23. The number of pyridine rings is 1. The van der Waals surface area contributed by atoms with Gasteiger partial charge in [-0.3, -0.25) is 4.79 Å². The second kappa shape index (κ2) is 9.47. The molecule has 2 aromatic rings. The lowest BCUT2D eigenvalue weighted by molar-refractivity contribution is -0.0168. The smallest absolute Gasteiger partial charge is 0.255 e. The van der Waals surface area contributed by atoms with Crippen LogP contribution in [0.3, 0.4) is 0 Å². The van der Waals surface area contributed by atoms with Gasteiger partial charge < -0.3 is 19.3 Å². The van der Waals surface area contributed by atoms with Gasteiger partial charge >= 0.3 is 0 Å². The van der Waals surface area contributed by atoms with Crippen LogP contribution in [0.15, 0.2) is 36.5 Å². The molecule has 1 aliphatic heterocycles. The third-order valence-corrected chi connectivity index (χ3v) is 5.12. The number of hydrogen-bond donors (Lipinski definition) is 0. The molecule has 3 rings (SSSR count). The summed E-state index contributed by atoms with van der Waals surface area (Å²) in [5.74, 6) is 0.523. The maximum absolute atomic E-state index is 12.9. The van der Waals surface area contributed by atoms with Crippen molar-refractivity contribution in [3.8, 4) is 5.88 Å². The van der Waals surface area contributed by atoms with Crippen molar-refractivity contribution in [2.45, 2.75) is 40.2 Å². The van der Waals surface area contributed by atoms with Crippen LogP contribution in [-0.2, 0) is 4.74 Å². The van der Waals surface area contributed by atoms with Crippen molar-refractivity contribution < 1.29 is 14.3 Å². The number of carbonyl (C=O) groups excluding carboxylic acids is 1. The quantitative estimate of drug-likeness (QED) is 0.676. The summed E-state index contributed by atoms with van der Waals surface area (Å²) < 4.78 is 11.2. The molecule has 1 aromatic heterocycles. The van der Waals surface area contributed by atoms with Crippen LogP contribution in [0.5, 0.6) is 5.88 Å². The van der Waals surface area contributed by atoms with Crippen molar-refractivity contribution in [1.29, 1.82) is 0 Å². The Labute approximate surface area is 179 Å². The molecule has 0 spiro atoms. The average molecular weight is 412 g/mol. The third kappa shape index (κ3) is 5.95. The van der Waals surface area contributed by atoms with Crippen LogP contribution in [0, 0.1) is 13.8 Å². The predicted octanol–water partition coefficient (Wildman–Crippen LogP) is 3.85. The molecule has 6 nitrogen and oxygen atoms in total. The van der Waals surface area contributed by atoms with E-state index in [1.807, 2.05) is 25.7 Å². The summed E-state index contributed by atoms with van der Waals surface area (Å²) in [7, 11) is 0. The maximum atomic E-state index is 12.9. The summed E-state index contributed by atoms with van der Waals surface area (Å²) in [5.41, 5.74) is 4.20. The summed E-state index contributed by atoms with van der Waals surface area (Å²) in [5, 5.41) is 0. The zero-order valence-corrected chi connectivity index (χ0v) is 18.8. The van der Waals surface area contributed by atoms with E-state index >= 15 is 0 Å². The van der Waals surface area contributed by atoms with Gasteiger partial charge in [0, 0.05) is 44.1 Å². The molecule has 0 radical (unpaired) electrons. The number of amides is 1. The average Bonchev–Trinajstić information content (AvgIpc) is 2.72. The van der Waals surface area contributed by atoms with E-state index in [1.165, 1.54) is 16.8 Å². The monoisotopic (exact) mass is 411 g/mol. The lowest BCUT2D eigenvalue weighted by Gasteiger charge is -2.37. The molecule has 0 bridgehead atoms. The van der Waals surface area contributed by atoms with Gasteiger partial charge in [-0.1, -0.05) is 12.1 Å². The maximum Gasteiger partial charge on any atom is 0.255 e. The standard InChI is InChI=1S/C24H33N3O3/c1-18-6-7-19(2)21(16-18)26-10-12-27(13-11-26)23(28)20-8-9-22(25-17-20)29-14-15-30-24(3,4)5/h6-9,16-17H,10-15H2,1-5H3. The Hall–Kier alpha value is -2.60. The Kier molecular flexibility index (Phi) is 6.98. The summed E-state index contributed by atoms with van der Waals surface area (Å²) in [6, 6.07) is 10.0. The summed E-state index contributed by atoms with van der Waals surface area (Å²) in [6.45, 7) is 14.3. The van der Waals surface area contributed by atoms with E-state index in [-0.39, 0.29) is 11.5 Å². The third-order valence-electron chi connectivity index (χ3n) is 5.12. The number of ether oxygens (including phenoxy) is 2. The number of piperazine rings is 1.